The molecule has 5 nitrogen and oxygen atoms in total. The van der Waals surface area contributed by atoms with Gasteiger partial charge in [-0.1, -0.05) is 0 Å². The molecular formula is C8H15F3N2O3S. The number of hydrogen-bond acceptors (Lipinski definition) is 4. The Bertz CT molecular complexity index is 342. The lowest BCUT2D eigenvalue weighted by atomic mass is 10.6. The standard InChI is InChI=1S/C7H14N2.CHF3O3S/c1-3-8-5-6-9(4-2)7-8;2-1(3,4)8(5,6)7/h5-6H,3-4,7H2,1-2H3;(H,5,6,7). The van der Waals surface area contributed by atoms with Gasteiger partial charge in [0, 0.05) is 25.5 Å². The second-order valence-corrected chi connectivity index (χ2v) is 4.58. The Hall–Kier alpha value is -0.960. The van der Waals surface area contributed by atoms with Crippen LogP contribution in [0, 0.1) is 0 Å². The fraction of sp³-hybridized carbons (Fsp3) is 0.750. The first-order valence-corrected chi connectivity index (χ1v) is 6.26. The van der Waals surface area contributed by atoms with Gasteiger partial charge in [0.15, 0.2) is 0 Å². The van der Waals surface area contributed by atoms with Crippen molar-refractivity contribution in [1.29, 1.82) is 0 Å². The molecule has 1 aliphatic heterocycles. The van der Waals surface area contributed by atoms with Gasteiger partial charge in [0.2, 0.25) is 0 Å². The maximum Gasteiger partial charge on any atom is 0.522 e. The van der Waals surface area contributed by atoms with E-state index in [0.717, 1.165) is 19.8 Å². The molecule has 0 saturated heterocycles. The fourth-order valence-electron chi connectivity index (χ4n) is 0.927. The van der Waals surface area contributed by atoms with Crippen LogP contribution in [0.15, 0.2) is 12.4 Å². The predicted molar refractivity (Wildman–Crippen MR) is 56.4 cm³/mol. The summed E-state index contributed by atoms with van der Waals surface area (Å²) in [5, 5.41) is 0. The van der Waals surface area contributed by atoms with Gasteiger partial charge >= 0.3 is 15.6 Å². The van der Waals surface area contributed by atoms with Crippen molar-refractivity contribution >= 4 is 10.1 Å². The Balaban J connectivity index is 0.000000304. The van der Waals surface area contributed by atoms with Crippen LogP contribution in [-0.2, 0) is 10.1 Å². The highest BCUT2D eigenvalue weighted by Crippen LogP contribution is 2.20. The number of hydrogen-bond donors (Lipinski definition) is 1. The van der Waals surface area contributed by atoms with E-state index in [-0.39, 0.29) is 0 Å². The lowest BCUT2D eigenvalue weighted by molar-refractivity contribution is -0.0510. The summed E-state index contributed by atoms with van der Waals surface area (Å²) in [7, 11) is -5.84. The molecule has 17 heavy (non-hydrogen) atoms. The van der Waals surface area contributed by atoms with Crippen molar-refractivity contribution in [3.8, 4) is 0 Å². The van der Waals surface area contributed by atoms with E-state index in [4.69, 9.17) is 13.0 Å². The van der Waals surface area contributed by atoms with Crippen molar-refractivity contribution in [2.24, 2.45) is 0 Å². The molecule has 0 aromatic carbocycles. The maximum atomic E-state index is 10.7. The van der Waals surface area contributed by atoms with E-state index >= 15 is 0 Å². The molecule has 0 spiro atoms. The summed E-state index contributed by atoms with van der Waals surface area (Å²) in [6, 6.07) is 0. The van der Waals surface area contributed by atoms with Gasteiger partial charge in [-0.25, -0.2) is 0 Å². The van der Waals surface area contributed by atoms with Crippen LogP contribution in [0.3, 0.4) is 0 Å². The normalized spacial score (nSPS) is 15.9. The molecule has 0 amide bonds. The van der Waals surface area contributed by atoms with Crippen molar-refractivity contribution in [1.82, 2.24) is 9.80 Å². The lowest BCUT2D eigenvalue weighted by Gasteiger charge is -2.17. The molecule has 0 atom stereocenters. The summed E-state index contributed by atoms with van der Waals surface area (Å²) < 4.78 is 57.5. The van der Waals surface area contributed by atoms with Crippen LogP contribution < -0.4 is 0 Å². The fourth-order valence-corrected chi connectivity index (χ4v) is 0.927. The average molecular weight is 276 g/mol. The Kier molecular flexibility index (Phi) is 5.76. The number of rotatable bonds is 2. The van der Waals surface area contributed by atoms with E-state index in [1.807, 2.05) is 0 Å². The van der Waals surface area contributed by atoms with Gasteiger partial charge in [-0.3, -0.25) is 4.55 Å². The quantitative estimate of drug-likeness (QED) is 0.611. The molecular weight excluding hydrogens is 261 g/mol. The van der Waals surface area contributed by atoms with Crippen LogP contribution in [-0.4, -0.2) is 48.0 Å². The van der Waals surface area contributed by atoms with Crippen molar-refractivity contribution in [3.63, 3.8) is 0 Å². The molecule has 1 rings (SSSR count). The highest BCUT2D eigenvalue weighted by atomic mass is 32.2. The topological polar surface area (TPSA) is 60.9 Å². The van der Waals surface area contributed by atoms with Crippen LogP contribution >= 0.6 is 0 Å². The van der Waals surface area contributed by atoms with E-state index in [2.05, 4.69) is 36.0 Å². The third-order valence-electron chi connectivity index (χ3n) is 1.96. The van der Waals surface area contributed by atoms with Crippen LogP contribution in [0.5, 0.6) is 0 Å². The van der Waals surface area contributed by atoms with Gasteiger partial charge in [-0.15, -0.1) is 0 Å². The SMILES string of the molecule is CCN1C=CN(CC)C1.O=S(=O)(O)C(F)(F)F. The summed E-state index contributed by atoms with van der Waals surface area (Å²) >= 11 is 0. The minimum atomic E-state index is -5.84. The van der Waals surface area contributed by atoms with E-state index in [0.29, 0.717) is 0 Å². The molecule has 1 N–H and O–H groups in total. The van der Waals surface area contributed by atoms with Crippen molar-refractivity contribution in [3.05, 3.63) is 12.4 Å². The first-order chi connectivity index (χ1) is 7.61. The smallest absolute Gasteiger partial charge is 0.359 e. The molecule has 0 saturated carbocycles. The monoisotopic (exact) mass is 276 g/mol. The molecule has 1 aliphatic rings. The van der Waals surface area contributed by atoms with E-state index in [9.17, 15) is 13.2 Å². The lowest BCUT2D eigenvalue weighted by Crippen LogP contribution is -2.24. The molecule has 0 unspecified atom stereocenters. The first-order valence-electron chi connectivity index (χ1n) is 4.82. The predicted octanol–water partition coefficient (Wildman–Crippen LogP) is 1.47. The first kappa shape index (κ1) is 16.0. The zero-order valence-electron chi connectivity index (χ0n) is 9.48. The van der Waals surface area contributed by atoms with E-state index < -0.39 is 15.6 Å². The van der Waals surface area contributed by atoms with Gasteiger partial charge in [-0.2, -0.15) is 21.6 Å². The molecule has 9 heteroatoms. The second-order valence-electron chi connectivity index (χ2n) is 3.17. The summed E-state index contributed by atoms with van der Waals surface area (Å²) in [4.78, 5) is 4.56. The molecule has 0 radical (unpaired) electrons. The highest BCUT2D eigenvalue weighted by molar-refractivity contribution is 7.86. The zero-order valence-corrected chi connectivity index (χ0v) is 10.3. The Morgan fingerprint density at radius 2 is 1.47 bits per heavy atom. The summed E-state index contributed by atoms with van der Waals surface area (Å²) in [5.41, 5.74) is -5.53. The van der Waals surface area contributed by atoms with Crippen molar-refractivity contribution in [2.45, 2.75) is 19.4 Å². The van der Waals surface area contributed by atoms with Gasteiger partial charge in [0.25, 0.3) is 0 Å². The Labute approximate surface area is 98.2 Å². The average Bonchev–Trinajstić information content (AvgIpc) is 2.63. The third-order valence-corrected chi connectivity index (χ3v) is 2.54. The van der Waals surface area contributed by atoms with Gasteiger partial charge in [0.05, 0.1) is 6.67 Å². The Morgan fingerprint density at radius 1 is 1.18 bits per heavy atom. The number of halogens is 3. The van der Waals surface area contributed by atoms with Gasteiger partial charge in [0.1, 0.15) is 0 Å². The summed E-state index contributed by atoms with van der Waals surface area (Å²) in [5.74, 6) is 0. The van der Waals surface area contributed by atoms with Crippen molar-refractivity contribution < 1.29 is 26.1 Å². The molecule has 0 aromatic rings. The third kappa shape index (κ3) is 5.78. The molecule has 102 valence electrons. The zero-order chi connectivity index (χ0) is 13.7. The van der Waals surface area contributed by atoms with Gasteiger partial charge < -0.3 is 9.80 Å². The minimum Gasteiger partial charge on any atom is -0.359 e. The summed E-state index contributed by atoms with van der Waals surface area (Å²) in [6.07, 6.45) is 4.28. The molecule has 0 aromatic heterocycles. The minimum absolute atomic E-state index is 1.08. The van der Waals surface area contributed by atoms with Crippen LogP contribution in [0.2, 0.25) is 0 Å². The van der Waals surface area contributed by atoms with E-state index in [1.165, 1.54) is 0 Å². The van der Waals surface area contributed by atoms with Gasteiger partial charge in [-0.05, 0) is 13.8 Å². The van der Waals surface area contributed by atoms with Crippen molar-refractivity contribution in [2.75, 3.05) is 19.8 Å². The maximum absolute atomic E-state index is 10.7. The van der Waals surface area contributed by atoms with Crippen LogP contribution in [0.25, 0.3) is 0 Å². The van der Waals surface area contributed by atoms with E-state index in [1.54, 1.807) is 0 Å². The number of alkyl halides is 3. The summed E-state index contributed by atoms with van der Waals surface area (Å²) in [6.45, 7) is 7.65. The largest absolute Gasteiger partial charge is 0.522 e. The molecule has 0 fully saturated rings. The second kappa shape index (κ2) is 6.10. The molecule has 0 bridgehead atoms. The Morgan fingerprint density at radius 3 is 1.59 bits per heavy atom. The highest BCUT2D eigenvalue weighted by Gasteiger charge is 2.44. The molecule has 1 heterocycles. The molecule has 0 aliphatic carbocycles. The van der Waals surface area contributed by atoms with Crippen LogP contribution in [0.1, 0.15) is 13.8 Å². The van der Waals surface area contributed by atoms with Crippen LogP contribution in [0.4, 0.5) is 13.2 Å². The number of nitrogens with zero attached hydrogens (tertiary/aromatic N) is 2.